The molecule has 5 nitrogen and oxygen atoms in total. The second-order valence-electron chi connectivity index (χ2n) is 4.24. The molecule has 0 spiro atoms. The first-order valence-corrected chi connectivity index (χ1v) is 5.12. The summed E-state index contributed by atoms with van der Waals surface area (Å²) in [7, 11) is 0. The zero-order chi connectivity index (χ0) is 11.9. The standard InChI is InChI=1S/C11H14N2O3/c1-5(2)10-11(16)13-7-4-9(15)8(14)3-6(7)12-10/h3-5,10,12,14-15H,1-2H3,(H,13,16)/t10-/m0/s1. The topological polar surface area (TPSA) is 81.6 Å². The number of amides is 1. The molecule has 0 aliphatic carbocycles. The zero-order valence-electron chi connectivity index (χ0n) is 9.11. The number of carbonyl (C=O) groups excluding carboxylic acids is 1. The molecular weight excluding hydrogens is 208 g/mol. The van der Waals surface area contributed by atoms with Crippen LogP contribution in [0, 0.1) is 5.92 Å². The Morgan fingerprint density at radius 1 is 1.19 bits per heavy atom. The fourth-order valence-corrected chi connectivity index (χ4v) is 1.71. The quantitative estimate of drug-likeness (QED) is 0.428. The normalized spacial score (nSPS) is 18.9. The van der Waals surface area contributed by atoms with Gasteiger partial charge in [-0.15, -0.1) is 0 Å². The van der Waals surface area contributed by atoms with Gasteiger partial charge in [0, 0.05) is 12.1 Å². The molecule has 1 aliphatic rings. The molecule has 0 aromatic heterocycles. The molecule has 16 heavy (non-hydrogen) atoms. The van der Waals surface area contributed by atoms with Crippen molar-refractivity contribution in [2.45, 2.75) is 19.9 Å². The zero-order valence-corrected chi connectivity index (χ0v) is 9.11. The predicted octanol–water partition coefficient (Wildman–Crippen LogP) is 1.49. The Balaban J connectivity index is 2.39. The summed E-state index contributed by atoms with van der Waals surface area (Å²) in [6, 6.07) is 2.41. The van der Waals surface area contributed by atoms with Gasteiger partial charge < -0.3 is 20.8 Å². The number of hydrogen-bond acceptors (Lipinski definition) is 4. The molecule has 0 saturated carbocycles. The maximum Gasteiger partial charge on any atom is 0.247 e. The number of fused-ring (bicyclic) bond motifs is 1. The third-order valence-electron chi connectivity index (χ3n) is 2.63. The molecule has 1 heterocycles. The highest BCUT2D eigenvalue weighted by atomic mass is 16.3. The summed E-state index contributed by atoms with van der Waals surface area (Å²) >= 11 is 0. The maximum atomic E-state index is 11.7. The van der Waals surface area contributed by atoms with Crippen LogP contribution in [0.2, 0.25) is 0 Å². The lowest BCUT2D eigenvalue weighted by Crippen LogP contribution is -2.42. The Morgan fingerprint density at radius 3 is 2.31 bits per heavy atom. The lowest BCUT2D eigenvalue weighted by atomic mass is 10.0. The molecule has 0 unspecified atom stereocenters. The first-order valence-electron chi connectivity index (χ1n) is 5.12. The maximum absolute atomic E-state index is 11.7. The Morgan fingerprint density at radius 2 is 1.75 bits per heavy atom. The van der Waals surface area contributed by atoms with Gasteiger partial charge in [0.25, 0.3) is 0 Å². The minimum absolute atomic E-state index is 0.132. The van der Waals surface area contributed by atoms with Gasteiger partial charge in [0.15, 0.2) is 11.5 Å². The summed E-state index contributed by atoms with van der Waals surface area (Å²) < 4.78 is 0. The second kappa shape index (κ2) is 3.59. The first kappa shape index (κ1) is 10.6. The molecule has 1 atom stereocenters. The Bertz CT molecular complexity index is 443. The number of carbonyl (C=O) groups is 1. The number of phenolic OH excluding ortho intramolecular Hbond substituents is 2. The van der Waals surface area contributed by atoms with Crippen LogP contribution in [-0.2, 0) is 4.79 Å². The Labute approximate surface area is 93.1 Å². The van der Waals surface area contributed by atoms with E-state index in [4.69, 9.17) is 0 Å². The van der Waals surface area contributed by atoms with E-state index in [1.165, 1.54) is 12.1 Å². The summed E-state index contributed by atoms with van der Waals surface area (Å²) in [5, 5.41) is 24.4. The van der Waals surface area contributed by atoms with E-state index in [2.05, 4.69) is 10.6 Å². The minimum Gasteiger partial charge on any atom is -0.504 e. The van der Waals surface area contributed by atoms with E-state index in [1.807, 2.05) is 13.8 Å². The van der Waals surface area contributed by atoms with Gasteiger partial charge in [-0.25, -0.2) is 0 Å². The van der Waals surface area contributed by atoms with Gasteiger partial charge in [-0.3, -0.25) is 4.79 Å². The number of rotatable bonds is 1. The lowest BCUT2D eigenvalue weighted by molar-refractivity contribution is -0.117. The highest BCUT2D eigenvalue weighted by molar-refractivity contribution is 6.03. The van der Waals surface area contributed by atoms with Crippen molar-refractivity contribution in [3.63, 3.8) is 0 Å². The number of phenols is 2. The van der Waals surface area contributed by atoms with Crippen molar-refractivity contribution in [2.24, 2.45) is 5.92 Å². The van der Waals surface area contributed by atoms with Gasteiger partial charge in [-0.1, -0.05) is 13.8 Å². The average molecular weight is 222 g/mol. The molecule has 0 saturated heterocycles. The molecule has 1 aromatic carbocycles. The molecule has 86 valence electrons. The third-order valence-corrected chi connectivity index (χ3v) is 2.63. The fourth-order valence-electron chi connectivity index (χ4n) is 1.71. The lowest BCUT2D eigenvalue weighted by Gasteiger charge is -2.29. The van der Waals surface area contributed by atoms with E-state index >= 15 is 0 Å². The summed E-state index contributed by atoms with van der Waals surface area (Å²) in [4.78, 5) is 11.7. The second-order valence-corrected chi connectivity index (χ2v) is 4.24. The van der Waals surface area contributed by atoms with Gasteiger partial charge in [-0.2, -0.15) is 0 Å². The molecule has 0 fully saturated rings. The van der Waals surface area contributed by atoms with Crippen LogP contribution in [0.25, 0.3) is 0 Å². The summed E-state index contributed by atoms with van der Waals surface area (Å²) in [6.45, 7) is 3.87. The molecule has 1 aromatic rings. The van der Waals surface area contributed by atoms with Crippen molar-refractivity contribution < 1.29 is 15.0 Å². The Hall–Kier alpha value is -1.91. The molecular formula is C11H14N2O3. The van der Waals surface area contributed by atoms with Gasteiger partial charge >= 0.3 is 0 Å². The van der Waals surface area contributed by atoms with Crippen molar-refractivity contribution >= 4 is 17.3 Å². The van der Waals surface area contributed by atoms with Crippen LogP contribution in [0.15, 0.2) is 12.1 Å². The van der Waals surface area contributed by atoms with Crippen LogP contribution < -0.4 is 10.6 Å². The highest BCUT2D eigenvalue weighted by Gasteiger charge is 2.28. The van der Waals surface area contributed by atoms with E-state index in [1.54, 1.807) is 0 Å². The highest BCUT2D eigenvalue weighted by Crippen LogP contribution is 2.37. The van der Waals surface area contributed by atoms with E-state index in [-0.39, 0.29) is 29.4 Å². The summed E-state index contributed by atoms with van der Waals surface area (Å²) in [6.07, 6.45) is 0. The van der Waals surface area contributed by atoms with E-state index in [9.17, 15) is 15.0 Å². The monoisotopic (exact) mass is 222 g/mol. The molecule has 1 amide bonds. The molecule has 1 aliphatic heterocycles. The van der Waals surface area contributed by atoms with Gasteiger partial charge in [0.1, 0.15) is 6.04 Å². The van der Waals surface area contributed by atoms with Crippen LogP contribution in [-0.4, -0.2) is 22.2 Å². The van der Waals surface area contributed by atoms with Crippen LogP contribution in [0.5, 0.6) is 11.5 Å². The van der Waals surface area contributed by atoms with Gasteiger partial charge in [0.2, 0.25) is 5.91 Å². The number of benzene rings is 1. The van der Waals surface area contributed by atoms with E-state index < -0.39 is 0 Å². The molecule has 4 N–H and O–H groups in total. The van der Waals surface area contributed by atoms with Crippen molar-refractivity contribution in [1.82, 2.24) is 0 Å². The number of aromatic hydroxyl groups is 2. The first-order chi connectivity index (χ1) is 7.49. The summed E-state index contributed by atoms with van der Waals surface area (Å²) in [5.74, 6) is -0.439. The van der Waals surface area contributed by atoms with Gasteiger partial charge in [0.05, 0.1) is 11.4 Å². The molecule has 5 heteroatoms. The SMILES string of the molecule is CC(C)[C@@H]1Nc2cc(O)c(O)cc2NC1=O. The number of nitrogens with one attached hydrogen (secondary N) is 2. The van der Waals surface area contributed by atoms with Crippen molar-refractivity contribution in [1.29, 1.82) is 0 Å². The van der Waals surface area contributed by atoms with Crippen molar-refractivity contribution in [3.05, 3.63) is 12.1 Å². The van der Waals surface area contributed by atoms with Crippen LogP contribution in [0.4, 0.5) is 11.4 Å². The Kier molecular flexibility index (Phi) is 2.38. The fraction of sp³-hybridized carbons (Fsp3) is 0.364. The number of anilines is 2. The van der Waals surface area contributed by atoms with E-state index in [0.29, 0.717) is 11.4 Å². The molecule has 2 rings (SSSR count). The molecule has 0 radical (unpaired) electrons. The van der Waals surface area contributed by atoms with Crippen LogP contribution in [0.3, 0.4) is 0 Å². The molecule has 0 bridgehead atoms. The van der Waals surface area contributed by atoms with E-state index in [0.717, 1.165) is 0 Å². The van der Waals surface area contributed by atoms with Crippen LogP contribution in [0.1, 0.15) is 13.8 Å². The smallest absolute Gasteiger partial charge is 0.247 e. The largest absolute Gasteiger partial charge is 0.504 e. The number of hydrogen-bond donors (Lipinski definition) is 4. The van der Waals surface area contributed by atoms with Crippen LogP contribution >= 0.6 is 0 Å². The summed E-state index contributed by atoms with van der Waals surface area (Å²) in [5.41, 5.74) is 1.10. The van der Waals surface area contributed by atoms with Gasteiger partial charge in [-0.05, 0) is 5.92 Å². The third kappa shape index (κ3) is 1.64. The average Bonchev–Trinajstić information content (AvgIpc) is 2.19. The predicted molar refractivity (Wildman–Crippen MR) is 60.7 cm³/mol. The minimum atomic E-state index is -0.323. The van der Waals surface area contributed by atoms with Crippen molar-refractivity contribution in [2.75, 3.05) is 10.6 Å². The van der Waals surface area contributed by atoms with Crippen molar-refractivity contribution in [3.8, 4) is 11.5 Å².